The Morgan fingerprint density at radius 2 is 1.39 bits per heavy atom. The Balaban J connectivity index is 1.62. The first kappa shape index (κ1) is 18.1. The molecule has 0 fully saturated rings. The van der Waals surface area contributed by atoms with Crippen molar-refractivity contribution in [2.75, 3.05) is 10.6 Å². The van der Waals surface area contributed by atoms with Crippen LogP contribution in [0.2, 0.25) is 0 Å². The SMILES string of the molecule is O=C1CCCCCCc2cccc(c2)Nc2cc(nnn2)Nc2cccc1c2. The number of nitrogens with one attached hydrogen (secondary N) is 2. The van der Waals surface area contributed by atoms with Crippen LogP contribution in [0.3, 0.4) is 0 Å². The van der Waals surface area contributed by atoms with Crippen LogP contribution in [-0.2, 0) is 6.42 Å². The molecule has 28 heavy (non-hydrogen) atoms. The Labute approximate surface area is 164 Å². The van der Waals surface area contributed by atoms with E-state index in [1.54, 1.807) is 6.07 Å². The minimum absolute atomic E-state index is 0.181. The number of aromatic nitrogens is 3. The molecular formula is C22H23N5O. The second kappa shape index (κ2) is 8.61. The molecule has 0 aliphatic carbocycles. The molecule has 2 aromatic carbocycles. The van der Waals surface area contributed by atoms with E-state index in [0.717, 1.165) is 49.0 Å². The predicted octanol–water partition coefficient (Wildman–Crippen LogP) is 5.05. The molecule has 2 N–H and O–H groups in total. The van der Waals surface area contributed by atoms with Crippen LogP contribution >= 0.6 is 0 Å². The van der Waals surface area contributed by atoms with E-state index in [1.807, 2.05) is 36.4 Å². The Morgan fingerprint density at radius 3 is 2.18 bits per heavy atom. The lowest BCUT2D eigenvalue weighted by atomic mass is 10.0. The molecule has 0 amide bonds. The van der Waals surface area contributed by atoms with Crippen molar-refractivity contribution in [3.63, 3.8) is 0 Å². The number of hydrogen-bond donors (Lipinski definition) is 2. The molecule has 2 heterocycles. The highest BCUT2D eigenvalue weighted by molar-refractivity contribution is 5.97. The standard InChI is InChI=1S/C22H23N5O/c28-20-12-4-2-1-3-7-16-8-5-10-18(13-16)23-21-15-22(26-27-25-21)24-19-11-6-9-17(20)14-19/h5-6,8-11,13-15H,1-4,7,12H2,(H2,23,24,25,26). The van der Waals surface area contributed by atoms with Crippen LogP contribution < -0.4 is 10.6 Å². The number of carbonyl (C=O) groups is 1. The van der Waals surface area contributed by atoms with E-state index in [2.05, 4.69) is 38.2 Å². The molecule has 0 unspecified atom stereocenters. The van der Waals surface area contributed by atoms with Gasteiger partial charge in [-0.05, 0) is 54.3 Å². The molecule has 0 spiro atoms. The summed E-state index contributed by atoms with van der Waals surface area (Å²) in [4.78, 5) is 12.5. The fourth-order valence-corrected chi connectivity index (χ4v) is 3.41. The molecule has 1 aliphatic rings. The lowest BCUT2D eigenvalue weighted by molar-refractivity contribution is 0.0979. The van der Waals surface area contributed by atoms with E-state index in [9.17, 15) is 4.79 Å². The summed E-state index contributed by atoms with van der Waals surface area (Å²) >= 11 is 0. The largest absolute Gasteiger partial charge is 0.339 e. The van der Waals surface area contributed by atoms with Gasteiger partial charge in [-0.25, -0.2) is 0 Å². The number of Topliss-reactive ketones (excluding diaryl/α,β-unsaturated/α-hetero) is 1. The quantitative estimate of drug-likeness (QED) is 0.574. The van der Waals surface area contributed by atoms with E-state index in [4.69, 9.17) is 0 Å². The number of ketones is 1. The van der Waals surface area contributed by atoms with Gasteiger partial charge in [-0.3, -0.25) is 4.79 Å². The smallest absolute Gasteiger partial charge is 0.162 e. The third-order valence-corrected chi connectivity index (χ3v) is 4.85. The number of aryl methyl sites for hydroxylation is 1. The van der Waals surface area contributed by atoms with Crippen LogP contribution in [0.4, 0.5) is 23.0 Å². The molecule has 0 atom stereocenters. The van der Waals surface area contributed by atoms with Gasteiger partial charge in [0.15, 0.2) is 17.4 Å². The highest BCUT2D eigenvalue weighted by Gasteiger charge is 2.08. The highest BCUT2D eigenvalue weighted by Crippen LogP contribution is 2.22. The van der Waals surface area contributed by atoms with Crippen LogP contribution in [0.1, 0.15) is 48.0 Å². The summed E-state index contributed by atoms with van der Waals surface area (Å²) in [5.41, 5.74) is 3.80. The molecule has 4 rings (SSSR count). The van der Waals surface area contributed by atoms with Crippen LogP contribution in [0.25, 0.3) is 0 Å². The van der Waals surface area contributed by atoms with E-state index in [0.29, 0.717) is 18.1 Å². The molecule has 0 radical (unpaired) electrons. The van der Waals surface area contributed by atoms with Gasteiger partial charge in [0.1, 0.15) is 0 Å². The minimum Gasteiger partial charge on any atom is -0.339 e. The number of anilines is 4. The average molecular weight is 373 g/mol. The van der Waals surface area contributed by atoms with Crippen molar-refractivity contribution in [1.82, 2.24) is 15.4 Å². The summed E-state index contributed by atoms with van der Waals surface area (Å²) in [5, 5.41) is 18.5. The van der Waals surface area contributed by atoms with Crippen molar-refractivity contribution >= 4 is 28.8 Å². The minimum atomic E-state index is 0.181. The zero-order chi connectivity index (χ0) is 19.2. The van der Waals surface area contributed by atoms with Gasteiger partial charge in [-0.15, -0.1) is 10.2 Å². The van der Waals surface area contributed by atoms with Gasteiger partial charge in [-0.2, -0.15) is 0 Å². The molecular weight excluding hydrogens is 350 g/mol. The van der Waals surface area contributed by atoms with Crippen LogP contribution in [0, 0.1) is 0 Å². The maximum atomic E-state index is 12.5. The molecule has 0 saturated heterocycles. The van der Waals surface area contributed by atoms with Crippen LogP contribution in [-0.4, -0.2) is 21.2 Å². The average Bonchev–Trinajstić information content (AvgIpc) is 2.70. The van der Waals surface area contributed by atoms with Gasteiger partial charge in [0.05, 0.1) is 0 Å². The fourth-order valence-electron chi connectivity index (χ4n) is 3.41. The van der Waals surface area contributed by atoms with Gasteiger partial charge in [0, 0.05) is 29.4 Å². The molecule has 142 valence electrons. The zero-order valence-electron chi connectivity index (χ0n) is 15.7. The van der Waals surface area contributed by atoms with Gasteiger partial charge in [0.25, 0.3) is 0 Å². The molecule has 6 bridgehead atoms. The molecule has 0 saturated carbocycles. The van der Waals surface area contributed by atoms with Gasteiger partial charge in [-0.1, -0.05) is 37.1 Å². The highest BCUT2D eigenvalue weighted by atomic mass is 16.1. The lowest BCUT2D eigenvalue weighted by Crippen LogP contribution is -2.03. The number of rotatable bonds is 0. The summed E-state index contributed by atoms with van der Waals surface area (Å²) < 4.78 is 0. The van der Waals surface area contributed by atoms with Crippen LogP contribution in [0.5, 0.6) is 0 Å². The molecule has 6 heteroatoms. The summed E-state index contributed by atoms with van der Waals surface area (Å²) in [5.74, 6) is 1.36. The maximum absolute atomic E-state index is 12.5. The lowest BCUT2D eigenvalue weighted by Gasteiger charge is -2.10. The number of hydrogen-bond acceptors (Lipinski definition) is 6. The Hall–Kier alpha value is -3.28. The first-order valence-electron chi connectivity index (χ1n) is 9.73. The summed E-state index contributed by atoms with van der Waals surface area (Å²) in [7, 11) is 0. The maximum Gasteiger partial charge on any atom is 0.162 e. The van der Waals surface area contributed by atoms with Gasteiger partial charge < -0.3 is 10.6 Å². The Bertz CT molecular complexity index is 972. The molecule has 3 aromatic rings. The van der Waals surface area contributed by atoms with Gasteiger partial charge >= 0.3 is 0 Å². The van der Waals surface area contributed by atoms with E-state index >= 15 is 0 Å². The van der Waals surface area contributed by atoms with Crippen molar-refractivity contribution in [1.29, 1.82) is 0 Å². The first-order chi connectivity index (χ1) is 13.8. The first-order valence-corrected chi connectivity index (χ1v) is 9.73. The van der Waals surface area contributed by atoms with Gasteiger partial charge in [0.2, 0.25) is 0 Å². The van der Waals surface area contributed by atoms with E-state index in [1.165, 1.54) is 5.56 Å². The predicted molar refractivity (Wildman–Crippen MR) is 110 cm³/mol. The summed E-state index contributed by atoms with van der Waals surface area (Å²) in [6, 6.07) is 17.7. The summed E-state index contributed by atoms with van der Waals surface area (Å²) in [6.07, 6.45) is 5.87. The topological polar surface area (TPSA) is 79.8 Å². The molecule has 6 nitrogen and oxygen atoms in total. The Morgan fingerprint density at radius 1 is 0.714 bits per heavy atom. The fraction of sp³-hybridized carbons (Fsp3) is 0.273. The van der Waals surface area contributed by atoms with Crippen molar-refractivity contribution in [3.8, 4) is 0 Å². The van der Waals surface area contributed by atoms with Crippen molar-refractivity contribution in [2.45, 2.75) is 38.5 Å². The third kappa shape index (κ3) is 4.71. The van der Waals surface area contributed by atoms with E-state index < -0.39 is 0 Å². The Kier molecular flexibility index (Phi) is 5.56. The van der Waals surface area contributed by atoms with Crippen molar-refractivity contribution in [2.24, 2.45) is 0 Å². The third-order valence-electron chi connectivity index (χ3n) is 4.85. The second-order valence-electron chi connectivity index (χ2n) is 7.07. The van der Waals surface area contributed by atoms with Crippen molar-refractivity contribution < 1.29 is 4.79 Å². The van der Waals surface area contributed by atoms with E-state index in [-0.39, 0.29) is 5.78 Å². The second-order valence-corrected chi connectivity index (χ2v) is 7.07. The number of carbonyl (C=O) groups excluding carboxylic acids is 1. The number of fused-ring (bicyclic) bond motifs is 6. The number of nitrogens with zero attached hydrogens (tertiary/aromatic N) is 3. The van der Waals surface area contributed by atoms with Crippen LogP contribution in [0.15, 0.2) is 54.6 Å². The monoisotopic (exact) mass is 373 g/mol. The zero-order valence-corrected chi connectivity index (χ0v) is 15.7. The molecule has 1 aliphatic heterocycles. The normalized spacial score (nSPS) is 14.9. The number of benzene rings is 2. The summed E-state index contributed by atoms with van der Waals surface area (Å²) in [6.45, 7) is 0. The molecule has 1 aromatic heterocycles. The van der Waals surface area contributed by atoms with Crippen molar-refractivity contribution in [3.05, 3.63) is 65.7 Å².